The first-order chi connectivity index (χ1) is 10.1. The molecule has 1 aromatic carbocycles. The predicted octanol–water partition coefficient (Wildman–Crippen LogP) is 2.54. The van der Waals surface area contributed by atoms with Gasteiger partial charge < -0.3 is 10.2 Å². The van der Waals surface area contributed by atoms with Crippen LogP contribution in [0.3, 0.4) is 0 Å². The van der Waals surface area contributed by atoms with Crippen molar-refractivity contribution < 1.29 is 0 Å². The molecular weight excluding hydrogens is 258 g/mol. The molecule has 1 N–H and O–H groups in total. The van der Waals surface area contributed by atoms with Gasteiger partial charge in [-0.1, -0.05) is 38.1 Å². The molecular formula is C18H31N3. The van der Waals surface area contributed by atoms with E-state index in [0.29, 0.717) is 5.92 Å². The maximum atomic E-state index is 3.42. The summed E-state index contributed by atoms with van der Waals surface area (Å²) in [5.41, 5.74) is 2.88. The first kappa shape index (κ1) is 16.5. The molecule has 0 saturated carbocycles. The SMILES string of the molecule is CCNCC(C)c1ccc(CN2CCC(N(C)C)C2)cc1. The summed E-state index contributed by atoms with van der Waals surface area (Å²) in [5, 5.41) is 3.42. The van der Waals surface area contributed by atoms with Crippen LogP contribution in [0.1, 0.15) is 37.3 Å². The van der Waals surface area contributed by atoms with Gasteiger partial charge in [0.05, 0.1) is 0 Å². The highest BCUT2D eigenvalue weighted by molar-refractivity contribution is 5.25. The van der Waals surface area contributed by atoms with Crippen LogP contribution in [0, 0.1) is 0 Å². The first-order valence-electron chi connectivity index (χ1n) is 8.28. The van der Waals surface area contributed by atoms with Crippen LogP contribution in [0.15, 0.2) is 24.3 Å². The van der Waals surface area contributed by atoms with E-state index in [1.807, 2.05) is 0 Å². The lowest BCUT2D eigenvalue weighted by Crippen LogP contribution is -2.31. The van der Waals surface area contributed by atoms with Gasteiger partial charge in [0.2, 0.25) is 0 Å². The quantitative estimate of drug-likeness (QED) is 0.832. The fourth-order valence-electron chi connectivity index (χ4n) is 3.07. The predicted molar refractivity (Wildman–Crippen MR) is 90.8 cm³/mol. The molecule has 1 aliphatic rings. The van der Waals surface area contributed by atoms with E-state index in [9.17, 15) is 0 Å². The average molecular weight is 289 g/mol. The van der Waals surface area contributed by atoms with E-state index in [1.165, 1.54) is 30.6 Å². The zero-order chi connectivity index (χ0) is 15.2. The van der Waals surface area contributed by atoms with Crippen molar-refractivity contribution >= 4 is 0 Å². The summed E-state index contributed by atoms with van der Waals surface area (Å²) in [6.07, 6.45) is 1.30. The van der Waals surface area contributed by atoms with Gasteiger partial charge in [-0.05, 0) is 44.1 Å². The van der Waals surface area contributed by atoms with E-state index in [-0.39, 0.29) is 0 Å². The monoisotopic (exact) mass is 289 g/mol. The third kappa shape index (κ3) is 4.80. The van der Waals surface area contributed by atoms with Gasteiger partial charge in [-0.2, -0.15) is 0 Å². The molecule has 2 unspecified atom stereocenters. The molecule has 0 aromatic heterocycles. The van der Waals surface area contributed by atoms with Gasteiger partial charge in [-0.15, -0.1) is 0 Å². The van der Waals surface area contributed by atoms with Gasteiger partial charge in [0.25, 0.3) is 0 Å². The largest absolute Gasteiger partial charge is 0.316 e. The minimum Gasteiger partial charge on any atom is -0.316 e. The van der Waals surface area contributed by atoms with Crippen molar-refractivity contribution in [3.8, 4) is 0 Å². The van der Waals surface area contributed by atoms with E-state index in [2.05, 4.69) is 67.3 Å². The summed E-state index contributed by atoms with van der Waals surface area (Å²) in [7, 11) is 4.38. The van der Waals surface area contributed by atoms with Gasteiger partial charge in [-0.25, -0.2) is 0 Å². The molecule has 1 saturated heterocycles. The molecule has 3 nitrogen and oxygen atoms in total. The maximum absolute atomic E-state index is 3.42. The van der Waals surface area contributed by atoms with Gasteiger partial charge in [-0.3, -0.25) is 4.90 Å². The van der Waals surface area contributed by atoms with Crippen LogP contribution < -0.4 is 5.32 Å². The van der Waals surface area contributed by atoms with E-state index >= 15 is 0 Å². The van der Waals surface area contributed by atoms with Crippen LogP contribution in [0.25, 0.3) is 0 Å². The van der Waals surface area contributed by atoms with Crippen LogP contribution in [-0.4, -0.2) is 56.1 Å². The van der Waals surface area contributed by atoms with Crippen molar-refractivity contribution in [2.24, 2.45) is 0 Å². The third-order valence-electron chi connectivity index (χ3n) is 4.63. The molecule has 2 rings (SSSR count). The van der Waals surface area contributed by atoms with Crippen molar-refractivity contribution in [1.29, 1.82) is 0 Å². The summed E-state index contributed by atoms with van der Waals surface area (Å²) in [6, 6.07) is 9.94. The number of nitrogens with one attached hydrogen (secondary N) is 1. The molecule has 0 amide bonds. The van der Waals surface area contributed by atoms with Crippen molar-refractivity contribution in [3.05, 3.63) is 35.4 Å². The fraction of sp³-hybridized carbons (Fsp3) is 0.667. The Morgan fingerprint density at radius 1 is 1.29 bits per heavy atom. The lowest BCUT2D eigenvalue weighted by Gasteiger charge is -2.20. The van der Waals surface area contributed by atoms with Crippen molar-refractivity contribution in [2.45, 2.75) is 38.8 Å². The molecule has 0 spiro atoms. The van der Waals surface area contributed by atoms with E-state index in [4.69, 9.17) is 0 Å². The Morgan fingerprint density at radius 3 is 2.57 bits per heavy atom. The fourth-order valence-corrected chi connectivity index (χ4v) is 3.07. The normalized spacial score (nSPS) is 21.1. The van der Waals surface area contributed by atoms with Crippen molar-refractivity contribution in [1.82, 2.24) is 15.1 Å². The van der Waals surface area contributed by atoms with E-state index in [1.54, 1.807) is 0 Å². The summed E-state index contributed by atoms with van der Waals surface area (Å²) in [4.78, 5) is 4.92. The van der Waals surface area contributed by atoms with Gasteiger partial charge in [0.15, 0.2) is 0 Å². The van der Waals surface area contributed by atoms with Gasteiger partial charge >= 0.3 is 0 Å². The summed E-state index contributed by atoms with van der Waals surface area (Å²) >= 11 is 0. The van der Waals surface area contributed by atoms with Crippen LogP contribution in [0.5, 0.6) is 0 Å². The molecule has 1 aliphatic heterocycles. The van der Waals surface area contributed by atoms with Crippen LogP contribution in [0.2, 0.25) is 0 Å². The highest BCUT2D eigenvalue weighted by Crippen LogP contribution is 2.19. The molecule has 1 heterocycles. The van der Waals surface area contributed by atoms with Crippen LogP contribution in [0.4, 0.5) is 0 Å². The first-order valence-corrected chi connectivity index (χ1v) is 8.28. The minimum atomic E-state index is 0.587. The highest BCUT2D eigenvalue weighted by atomic mass is 15.2. The Morgan fingerprint density at radius 2 is 2.00 bits per heavy atom. The number of hydrogen-bond donors (Lipinski definition) is 1. The Kier molecular flexibility index (Phi) is 6.22. The second-order valence-electron chi connectivity index (χ2n) is 6.59. The Hall–Kier alpha value is -0.900. The lowest BCUT2D eigenvalue weighted by atomic mass is 9.99. The summed E-state index contributed by atoms with van der Waals surface area (Å²) in [6.45, 7) is 10.1. The van der Waals surface area contributed by atoms with Gasteiger partial charge in [0, 0.05) is 32.2 Å². The average Bonchev–Trinajstić information content (AvgIpc) is 2.94. The third-order valence-corrected chi connectivity index (χ3v) is 4.63. The van der Waals surface area contributed by atoms with Gasteiger partial charge in [0.1, 0.15) is 0 Å². The number of nitrogens with zero attached hydrogens (tertiary/aromatic N) is 2. The zero-order valence-electron chi connectivity index (χ0n) is 14.1. The number of benzene rings is 1. The molecule has 0 aliphatic carbocycles. The van der Waals surface area contributed by atoms with E-state index < -0.39 is 0 Å². The molecule has 21 heavy (non-hydrogen) atoms. The number of likely N-dealkylation sites (N-methyl/N-ethyl adjacent to an activating group) is 2. The molecule has 0 bridgehead atoms. The summed E-state index contributed by atoms with van der Waals surface area (Å²) in [5.74, 6) is 0.587. The Labute approximate surface area is 130 Å². The molecule has 2 atom stereocenters. The second-order valence-corrected chi connectivity index (χ2v) is 6.59. The van der Waals surface area contributed by atoms with Crippen molar-refractivity contribution in [2.75, 3.05) is 40.3 Å². The van der Waals surface area contributed by atoms with E-state index in [0.717, 1.165) is 25.7 Å². The van der Waals surface area contributed by atoms with Crippen molar-refractivity contribution in [3.63, 3.8) is 0 Å². The minimum absolute atomic E-state index is 0.587. The number of likely N-dealkylation sites (tertiary alicyclic amines) is 1. The maximum Gasteiger partial charge on any atom is 0.0234 e. The smallest absolute Gasteiger partial charge is 0.0234 e. The Bertz CT molecular complexity index is 413. The highest BCUT2D eigenvalue weighted by Gasteiger charge is 2.23. The lowest BCUT2D eigenvalue weighted by molar-refractivity contribution is 0.264. The topological polar surface area (TPSA) is 18.5 Å². The van der Waals surface area contributed by atoms with Crippen LogP contribution in [-0.2, 0) is 6.54 Å². The zero-order valence-corrected chi connectivity index (χ0v) is 14.1. The van der Waals surface area contributed by atoms with Crippen LogP contribution >= 0.6 is 0 Å². The summed E-state index contributed by atoms with van der Waals surface area (Å²) < 4.78 is 0. The molecule has 1 aromatic rings. The molecule has 3 heteroatoms. The number of rotatable bonds is 7. The number of hydrogen-bond acceptors (Lipinski definition) is 3. The second kappa shape index (κ2) is 7.92. The molecule has 1 fully saturated rings. The standard InChI is InChI=1S/C18H31N3/c1-5-19-12-15(2)17-8-6-16(7-9-17)13-21-11-10-18(14-21)20(3)4/h6-9,15,18-19H,5,10-14H2,1-4H3. The molecule has 0 radical (unpaired) electrons. The Balaban J connectivity index is 1.85. The molecule has 118 valence electrons.